The van der Waals surface area contributed by atoms with Crippen molar-refractivity contribution in [3.8, 4) is 5.69 Å². The molecule has 6 nitrogen and oxygen atoms in total. The van der Waals surface area contributed by atoms with E-state index in [1.54, 1.807) is 0 Å². The van der Waals surface area contributed by atoms with Crippen LogP contribution in [0.25, 0.3) is 16.7 Å². The first-order chi connectivity index (χ1) is 14.4. The van der Waals surface area contributed by atoms with Gasteiger partial charge >= 0.3 is 0 Å². The van der Waals surface area contributed by atoms with Crippen molar-refractivity contribution in [1.29, 1.82) is 0 Å². The molecule has 2 N–H and O–H groups in total. The normalized spacial score (nSPS) is 16.0. The number of piperidine rings is 1. The highest BCUT2D eigenvalue weighted by Gasteiger charge is 2.29. The number of likely N-dealkylation sites (tertiary alicyclic amines) is 1. The van der Waals surface area contributed by atoms with Crippen molar-refractivity contribution < 1.29 is 9.59 Å². The molecular weight excluding hydrogens is 396 g/mol. The molecule has 1 unspecified atom stereocenters. The first-order valence-electron chi connectivity index (χ1n) is 10.2. The van der Waals surface area contributed by atoms with Gasteiger partial charge in [0.25, 0.3) is 0 Å². The van der Waals surface area contributed by atoms with Gasteiger partial charge in [0.2, 0.25) is 11.8 Å². The molecule has 1 aliphatic heterocycles. The fourth-order valence-electron chi connectivity index (χ4n) is 3.88. The van der Waals surface area contributed by atoms with E-state index >= 15 is 0 Å². The summed E-state index contributed by atoms with van der Waals surface area (Å²) in [5.41, 5.74) is 9.56. The van der Waals surface area contributed by atoms with Gasteiger partial charge in [0.1, 0.15) is 0 Å². The van der Waals surface area contributed by atoms with Crippen molar-refractivity contribution in [1.82, 2.24) is 14.5 Å². The molecule has 1 aromatic heterocycles. The number of imidazole rings is 1. The Morgan fingerprint density at radius 1 is 1.10 bits per heavy atom. The molecule has 2 aromatic carbocycles. The van der Waals surface area contributed by atoms with Crippen LogP contribution in [0, 0.1) is 12.8 Å². The van der Waals surface area contributed by atoms with Crippen molar-refractivity contribution in [3.05, 3.63) is 54.1 Å². The molecule has 7 heteroatoms. The highest BCUT2D eigenvalue weighted by atomic mass is 32.2. The highest BCUT2D eigenvalue weighted by molar-refractivity contribution is 8.00. The molecule has 0 radical (unpaired) electrons. The Hall–Kier alpha value is -2.80. The van der Waals surface area contributed by atoms with Gasteiger partial charge in [-0.25, -0.2) is 4.98 Å². The van der Waals surface area contributed by atoms with Crippen molar-refractivity contribution in [2.24, 2.45) is 11.7 Å². The van der Waals surface area contributed by atoms with Gasteiger partial charge in [0.05, 0.1) is 16.3 Å². The summed E-state index contributed by atoms with van der Waals surface area (Å²) in [6, 6.07) is 16.3. The van der Waals surface area contributed by atoms with Crippen LogP contribution in [0.4, 0.5) is 0 Å². The van der Waals surface area contributed by atoms with Gasteiger partial charge in [-0.1, -0.05) is 41.6 Å². The zero-order valence-electron chi connectivity index (χ0n) is 17.2. The predicted octanol–water partition coefficient (Wildman–Crippen LogP) is 3.54. The maximum atomic E-state index is 13.0. The van der Waals surface area contributed by atoms with Crippen LogP contribution in [-0.2, 0) is 9.59 Å². The molecule has 2 amide bonds. The minimum atomic E-state index is -0.281. The van der Waals surface area contributed by atoms with E-state index in [1.807, 2.05) is 36.1 Å². The first kappa shape index (κ1) is 20.5. The van der Waals surface area contributed by atoms with Crippen LogP contribution in [0.3, 0.4) is 0 Å². The Bertz CT molecular complexity index is 1070. The van der Waals surface area contributed by atoms with E-state index in [1.165, 1.54) is 17.3 Å². The number of carbonyl (C=O) groups is 2. The summed E-state index contributed by atoms with van der Waals surface area (Å²) in [6.45, 7) is 5.14. The third-order valence-corrected chi connectivity index (χ3v) is 6.70. The van der Waals surface area contributed by atoms with Gasteiger partial charge in [-0.3, -0.25) is 14.2 Å². The van der Waals surface area contributed by atoms with Crippen molar-refractivity contribution in [3.63, 3.8) is 0 Å². The van der Waals surface area contributed by atoms with Crippen molar-refractivity contribution in [2.75, 3.05) is 13.1 Å². The van der Waals surface area contributed by atoms with E-state index in [4.69, 9.17) is 10.7 Å². The third-order valence-electron chi connectivity index (χ3n) is 5.66. The second kappa shape index (κ2) is 8.52. The van der Waals surface area contributed by atoms with Gasteiger partial charge in [0.15, 0.2) is 5.16 Å². The summed E-state index contributed by atoms with van der Waals surface area (Å²) in [7, 11) is 0. The third kappa shape index (κ3) is 4.07. The number of aromatic nitrogens is 2. The predicted molar refractivity (Wildman–Crippen MR) is 120 cm³/mol. The second-order valence-corrected chi connectivity index (χ2v) is 9.12. The number of hydrogen-bond donors (Lipinski definition) is 1. The number of amides is 2. The number of aryl methyl sites for hydroxylation is 1. The summed E-state index contributed by atoms with van der Waals surface area (Å²) in [5.74, 6) is -0.315. The lowest BCUT2D eigenvalue weighted by molar-refractivity contribution is -0.134. The molecule has 1 saturated heterocycles. The molecule has 2 heterocycles. The average molecular weight is 423 g/mol. The second-order valence-electron chi connectivity index (χ2n) is 7.82. The maximum Gasteiger partial charge on any atom is 0.235 e. The van der Waals surface area contributed by atoms with Crippen LogP contribution in [0.1, 0.15) is 25.3 Å². The van der Waals surface area contributed by atoms with Crippen LogP contribution < -0.4 is 5.73 Å². The smallest absolute Gasteiger partial charge is 0.235 e. The molecule has 1 atom stereocenters. The molecule has 1 fully saturated rings. The van der Waals surface area contributed by atoms with Crippen molar-refractivity contribution >= 4 is 34.6 Å². The number of hydrogen-bond acceptors (Lipinski definition) is 4. The zero-order chi connectivity index (χ0) is 21.3. The van der Waals surface area contributed by atoms with E-state index in [9.17, 15) is 9.59 Å². The fourth-order valence-corrected chi connectivity index (χ4v) is 4.90. The monoisotopic (exact) mass is 422 g/mol. The summed E-state index contributed by atoms with van der Waals surface area (Å²) in [5, 5.41) is 0.518. The number of para-hydroxylation sites is 2. The highest BCUT2D eigenvalue weighted by Crippen LogP contribution is 2.31. The lowest BCUT2D eigenvalue weighted by atomic mass is 9.96. The number of primary amides is 1. The van der Waals surface area contributed by atoms with Gasteiger partial charge in [-0.15, -0.1) is 0 Å². The first-order valence-corrected chi connectivity index (χ1v) is 11.1. The van der Waals surface area contributed by atoms with Gasteiger partial charge in [-0.05, 0) is 51.0 Å². The Morgan fingerprint density at radius 3 is 2.43 bits per heavy atom. The quantitative estimate of drug-likeness (QED) is 0.638. The number of benzene rings is 2. The number of fused-ring (bicyclic) bond motifs is 1. The van der Waals surface area contributed by atoms with Crippen LogP contribution in [-0.4, -0.2) is 44.6 Å². The number of nitrogens with two attached hydrogens (primary N) is 1. The number of rotatable bonds is 5. The molecular formula is C23H26N4O2S. The largest absolute Gasteiger partial charge is 0.369 e. The molecule has 3 aromatic rings. The van der Waals surface area contributed by atoms with Crippen LogP contribution in [0.5, 0.6) is 0 Å². The van der Waals surface area contributed by atoms with Crippen molar-refractivity contribution in [2.45, 2.75) is 37.1 Å². The van der Waals surface area contributed by atoms with Crippen LogP contribution >= 0.6 is 11.8 Å². The fraction of sp³-hybridized carbons (Fsp3) is 0.348. The summed E-state index contributed by atoms with van der Waals surface area (Å²) in [4.78, 5) is 31.1. The minimum absolute atomic E-state index is 0.0745. The van der Waals surface area contributed by atoms with E-state index in [0.29, 0.717) is 25.9 Å². The Labute approximate surface area is 180 Å². The lowest BCUT2D eigenvalue weighted by Crippen LogP contribution is -2.44. The zero-order valence-corrected chi connectivity index (χ0v) is 18.1. The molecule has 0 spiro atoms. The molecule has 0 saturated carbocycles. The summed E-state index contributed by atoms with van der Waals surface area (Å²) in [6.07, 6.45) is 1.28. The number of carbonyl (C=O) groups excluding carboxylic acids is 2. The van der Waals surface area contributed by atoms with Gasteiger partial charge in [0, 0.05) is 24.7 Å². The topological polar surface area (TPSA) is 81.2 Å². The van der Waals surface area contributed by atoms with Gasteiger partial charge in [-0.2, -0.15) is 0 Å². The van der Waals surface area contributed by atoms with Crippen LogP contribution in [0.15, 0.2) is 53.7 Å². The molecule has 30 heavy (non-hydrogen) atoms. The van der Waals surface area contributed by atoms with E-state index in [2.05, 4.69) is 35.8 Å². The molecule has 0 bridgehead atoms. The number of nitrogens with zero attached hydrogens (tertiary/aromatic N) is 3. The van der Waals surface area contributed by atoms with E-state index in [0.717, 1.165) is 21.9 Å². The Morgan fingerprint density at radius 2 is 1.77 bits per heavy atom. The molecule has 4 rings (SSSR count). The van der Waals surface area contributed by atoms with E-state index in [-0.39, 0.29) is 23.0 Å². The standard InChI is InChI=1S/C23H26N4O2S/c1-15-7-9-18(10-8-15)27-20-6-4-3-5-19(20)25-23(27)30-16(2)22(29)26-13-11-17(12-14-26)21(24)28/h3-10,16-17H,11-14H2,1-2H3,(H2,24,28). The molecule has 1 aliphatic rings. The molecule has 0 aliphatic carbocycles. The SMILES string of the molecule is Cc1ccc(-n2c(SC(C)C(=O)N3CCC(C(N)=O)CC3)nc3ccccc32)cc1. The number of thioether (sulfide) groups is 1. The summed E-state index contributed by atoms with van der Waals surface area (Å²) < 4.78 is 2.11. The van der Waals surface area contributed by atoms with E-state index < -0.39 is 0 Å². The minimum Gasteiger partial charge on any atom is -0.369 e. The lowest BCUT2D eigenvalue weighted by Gasteiger charge is -2.32. The molecule has 156 valence electrons. The average Bonchev–Trinajstić information content (AvgIpc) is 3.11. The Balaban J connectivity index is 1.57. The van der Waals surface area contributed by atoms with Crippen LogP contribution in [0.2, 0.25) is 0 Å². The maximum absolute atomic E-state index is 13.0. The Kier molecular flexibility index (Phi) is 5.81. The summed E-state index contributed by atoms with van der Waals surface area (Å²) >= 11 is 1.47. The van der Waals surface area contributed by atoms with Gasteiger partial charge < -0.3 is 10.6 Å².